The van der Waals surface area contributed by atoms with E-state index >= 15 is 0 Å². The van der Waals surface area contributed by atoms with Gasteiger partial charge in [0.05, 0.1) is 0 Å². The van der Waals surface area contributed by atoms with Gasteiger partial charge in [-0.2, -0.15) is 0 Å². The third-order valence-corrected chi connectivity index (χ3v) is 3.54. The number of carbonyl (C=O) groups excluding carboxylic acids is 1. The first-order valence-electron chi connectivity index (χ1n) is 5.28. The molecule has 0 heterocycles. The first-order valence-corrected chi connectivity index (χ1v) is 5.65. The van der Waals surface area contributed by atoms with Crippen molar-refractivity contribution in [3.63, 3.8) is 0 Å². The van der Waals surface area contributed by atoms with Crippen LogP contribution in [0.2, 0.25) is 5.02 Å². The van der Waals surface area contributed by atoms with E-state index in [9.17, 15) is 4.79 Å². The summed E-state index contributed by atoms with van der Waals surface area (Å²) in [4.78, 5) is 11.7. The lowest BCUT2D eigenvalue weighted by Crippen LogP contribution is -2.15. The Morgan fingerprint density at radius 1 is 1.27 bits per heavy atom. The number of hydrogen-bond acceptors (Lipinski definition) is 1. The molecule has 2 heteroatoms. The maximum Gasteiger partial charge on any atom is 0.139 e. The Morgan fingerprint density at radius 2 is 1.87 bits per heavy atom. The van der Waals surface area contributed by atoms with Gasteiger partial charge in [0.15, 0.2) is 0 Å². The number of benzene rings is 1. The summed E-state index contributed by atoms with van der Waals surface area (Å²) in [7, 11) is 0. The van der Waals surface area contributed by atoms with Crippen molar-refractivity contribution in [2.45, 2.75) is 32.6 Å². The summed E-state index contributed by atoms with van der Waals surface area (Å²) in [5.74, 6) is 0.757. The zero-order valence-corrected chi connectivity index (χ0v) is 9.84. The second-order valence-corrected chi connectivity index (χ2v) is 5.40. The molecule has 1 nitrogen and oxygen atoms in total. The fourth-order valence-electron chi connectivity index (χ4n) is 2.27. The number of ketones is 1. The van der Waals surface area contributed by atoms with Gasteiger partial charge in [0, 0.05) is 16.9 Å². The molecule has 2 rings (SSSR count). The van der Waals surface area contributed by atoms with Gasteiger partial charge in [0.1, 0.15) is 5.78 Å². The molecule has 1 aliphatic carbocycles. The van der Waals surface area contributed by atoms with Crippen LogP contribution in [-0.4, -0.2) is 5.78 Å². The molecule has 0 aromatic heterocycles. The molecule has 0 radical (unpaired) electrons. The van der Waals surface area contributed by atoms with E-state index in [0.29, 0.717) is 18.1 Å². The second-order valence-electron chi connectivity index (χ2n) is 4.96. The van der Waals surface area contributed by atoms with E-state index in [2.05, 4.69) is 0 Å². The van der Waals surface area contributed by atoms with Gasteiger partial charge in [0.25, 0.3) is 0 Å². The van der Waals surface area contributed by atoms with E-state index in [-0.39, 0.29) is 5.41 Å². The number of Topliss-reactive ketones (excluding diaryl/α,β-unsaturated/α-hetero) is 1. The van der Waals surface area contributed by atoms with Gasteiger partial charge in [-0.15, -0.1) is 0 Å². The molecule has 0 amide bonds. The fourth-order valence-corrected chi connectivity index (χ4v) is 2.40. The molecule has 1 fully saturated rings. The Hall–Kier alpha value is -0.820. The predicted molar refractivity (Wildman–Crippen MR) is 62.2 cm³/mol. The van der Waals surface area contributed by atoms with Gasteiger partial charge < -0.3 is 0 Å². The van der Waals surface area contributed by atoms with Crippen LogP contribution in [0, 0.1) is 5.41 Å². The van der Waals surface area contributed by atoms with Crippen molar-refractivity contribution in [3.05, 3.63) is 34.9 Å². The lowest BCUT2D eigenvalue weighted by molar-refractivity contribution is -0.124. The van der Waals surface area contributed by atoms with Gasteiger partial charge in [-0.1, -0.05) is 37.6 Å². The summed E-state index contributed by atoms with van der Waals surface area (Å²) < 4.78 is 0. The molecule has 1 saturated carbocycles. The van der Waals surface area contributed by atoms with Gasteiger partial charge in [0.2, 0.25) is 0 Å². The Kier molecular flexibility index (Phi) is 2.59. The van der Waals surface area contributed by atoms with Crippen molar-refractivity contribution in [1.29, 1.82) is 0 Å². The molecule has 0 saturated heterocycles. The maximum absolute atomic E-state index is 11.7. The molecule has 80 valence electrons. The zero-order valence-electron chi connectivity index (χ0n) is 9.09. The van der Waals surface area contributed by atoms with Crippen LogP contribution >= 0.6 is 11.6 Å². The van der Waals surface area contributed by atoms with Crippen molar-refractivity contribution in [1.82, 2.24) is 0 Å². The topological polar surface area (TPSA) is 17.1 Å². The highest BCUT2D eigenvalue weighted by molar-refractivity contribution is 6.30. The highest BCUT2D eigenvalue weighted by Gasteiger charge is 2.39. The monoisotopic (exact) mass is 222 g/mol. The highest BCUT2D eigenvalue weighted by Crippen LogP contribution is 2.43. The molecule has 0 N–H and O–H groups in total. The standard InChI is InChI=1S/C13H15ClO/c1-13(2)8-10(7-12(13)15)9-3-5-11(14)6-4-9/h3-6,10H,7-8H2,1-2H3/t10-/m0/s1. The van der Waals surface area contributed by atoms with Gasteiger partial charge in [-0.25, -0.2) is 0 Å². The van der Waals surface area contributed by atoms with E-state index < -0.39 is 0 Å². The average Bonchev–Trinajstić information content (AvgIpc) is 2.42. The fraction of sp³-hybridized carbons (Fsp3) is 0.462. The normalized spacial score (nSPS) is 24.5. The average molecular weight is 223 g/mol. The van der Waals surface area contributed by atoms with Crippen LogP contribution in [0.4, 0.5) is 0 Å². The second kappa shape index (κ2) is 3.64. The van der Waals surface area contributed by atoms with Crippen molar-refractivity contribution < 1.29 is 4.79 Å². The summed E-state index contributed by atoms with van der Waals surface area (Å²) in [6.07, 6.45) is 1.63. The van der Waals surface area contributed by atoms with Crippen LogP contribution in [0.25, 0.3) is 0 Å². The molecule has 0 unspecified atom stereocenters. The predicted octanol–water partition coefficient (Wildman–Crippen LogP) is 3.81. The molecule has 1 atom stereocenters. The molecule has 15 heavy (non-hydrogen) atoms. The van der Waals surface area contributed by atoms with Crippen LogP contribution in [0.1, 0.15) is 38.2 Å². The van der Waals surface area contributed by atoms with Crippen molar-refractivity contribution in [3.8, 4) is 0 Å². The lowest BCUT2D eigenvalue weighted by Gasteiger charge is -2.15. The zero-order chi connectivity index (χ0) is 11.1. The van der Waals surface area contributed by atoms with Gasteiger partial charge in [-0.05, 0) is 30.0 Å². The number of hydrogen-bond donors (Lipinski definition) is 0. The van der Waals surface area contributed by atoms with Gasteiger partial charge in [-0.3, -0.25) is 4.79 Å². The van der Waals surface area contributed by atoms with E-state index in [1.807, 2.05) is 38.1 Å². The van der Waals surface area contributed by atoms with Crippen LogP contribution in [-0.2, 0) is 4.79 Å². The van der Waals surface area contributed by atoms with E-state index in [1.165, 1.54) is 5.56 Å². The van der Waals surface area contributed by atoms with Crippen molar-refractivity contribution in [2.24, 2.45) is 5.41 Å². The Labute approximate surface area is 95.4 Å². The minimum absolute atomic E-state index is 0.149. The summed E-state index contributed by atoms with van der Waals surface area (Å²) in [5.41, 5.74) is 1.09. The SMILES string of the molecule is CC1(C)C[C@@H](c2ccc(Cl)cc2)CC1=O. The third-order valence-electron chi connectivity index (χ3n) is 3.28. The highest BCUT2D eigenvalue weighted by atomic mass is 35.5. The first-order chi connectivity index (χ1) is 6.99. The summed E-state index contributed by atoms with van der Waals surface area (Å²) in [6, 6.07) is 7.85. The molecule has 1 aliphatic rings. The minimum Gasteiger partial charge on any atom is -0.299 e. The molecule has 1 aromatic rings. The third kappa shape index (κ3) is 2.07. The van der Waals surface area contributed by atoms with E-state index in [1.54, 1.807) is 0 Å². The Bertz CT molecular complexity index is 378. The van der Waals surface area contributed by atoms with E-state index in [4.69, 9.17) is 11.6 Å². The summed E-state index contributed by atoms with van der Waals surface area (Å²) in [6.45, 7) is 4.07. The van der Waals surface area contributed by atoms with Crippen LogP contribution in [0.15, 0.2) is 24.3 Å². The molecule has 1 aromatic carbocycles. The number of rotatable bonds is 1. The first kappa shape index (κ1) is 10.7. The molecular weight excluding hydrogens is 208 g/mol. The van der Waals surface area contributed by atoms with Crippen LogP contribution < -0.4 is 0 Å². The largest absolute Gasteiger partial charge is 0.299 e. The smallest absolute Gasteiger partial charge is 0.139 e. The van der Waals surface area contributed by atoms with E-state index in [0.717, 1.165) is 11.4 Å². The quantitative estimate of drug-likeness (QED) is 0.706. The molecular formula is C13H15ClO. The number of halogens is 1. The molecule has 0 spiro atoms. The van der Waals surface area contributed by atoms with Crippen molar-refractivity contribution >= 4 is 17.4 Å². The maximum atomic E-state index is 11.7. The summed E-state index contributed by atoms with van der Waals surface area (Å²) in [5, 5.41) is 0.752. The molecule has 0 aliphatic heterocycles. The minimum atomic E-state index is -0.149. The molecule has 0 bridgehead atoms. The Morgan fingerprint density at radius 3 is 2.33 bits per heavy atom. The van der Waals surface area contributed by atoms with Crippen molar-refractivity contribution in [2.75, 3.05) is 0 Å². The summed E-state index contributed by atoms with van der Waals surface area (Å²) >= 11 is 5.84. The number of carbonyl (C=O) groups is 1. The van der Waals surface area contributed by atoms with Gasteiger partial charge >= 0.3 is 0 Å². The van der Waals surface area contributed by atoms with Crippen LogP contribution in [0.5, 0.6) is 0 Å². The van der Waals surface area contributed by atoms with Crippen LogP contribution in [0.3, 0.4) is 0 Å². The lowest BCUT2D eigenvalue weighted by atomic mass is 9.88. The Balaban J connectivity index is 2.21.